The van der Waals surface area contributed by atoms with Crippen molar-refractivity contribution in [2.45, 2.75) is 58.5 Å². The highest BCUT2D eigenvalue weighted by Crippen LogP contribution is 2.44. The Morgan fingerprint density at radius 2 is 1.91 bits per heavy atom. The maximum absolute atomic E-state index is 13.3. The molecule has 0 spiro atoms. The summed E-state index contributed by atoms with van der Waals surface area (Å²) in [6.07, 6.45) is 2.69. The van der Waals surface area contributed by atoms with E-state index in [4.69, 9.17) is 12.2 Å². The molecule has 1 fully saturated rings. The molecule has 4 rings (SSSR count). The highest BCUT2D eigenvalue weighted by Gasteiger charge is 2.38. The van der Waals surface area contributed by atoms with Crippen LogP contribution in [0.1, 0.15) is 58.1 Å². The lowest BCUT2D eigenvalue weighted by molar-refractivity contribution is -0.122. The van der Waals surface area contributed by atoms with Gasteiger partial charge in [-0.2, -0.15) is 0 Å². The maximum atomic E-state index is 13.3. The Balaban J connectivity index is 1.74. The quantitative estimate of drug-likeness (QED) is 0.313. The molecule has 7 heteroatoms. The monoisotopic (exact) mass is 525 g/mol. The van der Waals surface area contributed by atoms with Gasteiger partial charge in [0.25, 0.3) is 11.8 Å². The predicted molar refractivity (Wildman–Crippen MR) is 142 cm³/mol. The van der Waals surface area contributed by atoms with Crippen molar-refractivity contribution in [2.75, 3.05) is 9.80 Å². The number of thiocarbonyl (C=S) groups is 1. The van der Waals surface area contributed by atoms with Gasteiger partial charge in [0.15, 0.2) is 5.11 Å². The van der Waals surface area contributed by atoms with Crippen molar-refractivity contribution < 1.29 is 9.59 Å². The summed E-state index contributed by atoms with van der Waals surface area (Å²) in [5, 5.41) is 2.74. The average molecular weight is 527 g/mol. The van der Waals surface area contributed by atoms with Gasteiger partial charge in [-0.1, -0.05) is 35.0 Å². The molecular weight excluding hydrogens is 498 g/mol. The molecule has 1 atom stereocenters. The summed E-state index contributed by atoms with van der Waals surface area (Å²) in [5.74, 6) is -0.547. The normalized spacial score (nSPS) is 21.5. The molecular formula is C26H28BrN3O2S. The number of carbonyl (C=O) groups is 2. The summed E-state index contributed by atoms with van der Waals surface area (Å²) in [7, 11) is 0. The standard InChI is InChI=1S/C26H28BrN3O2S/c1-15(2)30-22-10-9-17(11-20(22)16(3)14-26(30,4)5)12-21-23(31)28-25(33)29(24(21)32)19-8-6-7-18(27)13-19/h6-13,15-16H,14H2,1-5H3,(H,28,31,33)/b21-12+/t16-/m0/s1. The Kier molecular flexibility index (Phi) is 6.22. The first-order valence-electron chi connectivity index (χ1n) is 11.1. The molecule has 1 N–H and O–H groups in total. The number of halogens is 1. The van der Waals surface area contributed by atoms with E-state index in [1.807, 2.05) is 18.2 Å². The first-order chi connectivity index (χ1) is 15.5. The van der Waals surface area contributed by atoms with Crippen molar-refractivity contribution in [1.82, 2.24) is 5.32 Å². The van der Waals surface area contributed by atoms with Crippen molar-refractivity contribution in [3.8, 4) is 0 Å². The molecule has 0 aromatic heterocycles. The fourth-order valence-corrected chi connectivity index (χ4v) is 5.88. The number of nitrogens with one attached hydrogen (secondary N) is 1. The fourth-order valence-electron chi connectivity index (χ4n) is 5.21. The van der Waals surface area contributed by atoms with Crippen LogP contribution in [0.25, 0.3) is 6.08 Å². The van der Waals surface area contributed by atoms with E-state index in [1.54, 1.807) is 18.2 Å². The summed E-state index contributed by atoms with van der Waals surface area (Å²) in [6, 6.07) is 13.8. The lowest BCUT2D eigenvalue weighted by Gasteiger charge is -2.50. The van der Waals surface area contributed by atoms with Crippen LogP contribution in [0.3, 0.4) is 0 Å². The van der Waals surface area contributed by atoms with E-state index in [9.17, 15) is 9.59 Å². The third-order valence-electron chi connectivity index (χ3n) is 6.30. The van der Waals surface area contributed by atoms with Crippen LogP contribution >= 0.6 is 28.1 Å². The number of fused-ring (bicyclic) bond motifs is 1. The second kappa shape index (κ2) is 8.69. The Morgan fingerprint density at radius 3 is 2.58 bits per heavy atom. The Bertz CT molecular complexity index is 1190. The van der Waals surface area contributed by atoms with E-state index >= 15 is 0 Å². The van der Waals surface area contributed by atoms with Gasteiger partial charge in [-0.15, -0.1) is 0 Å². The minimum atomic E-state index is -0.480. The molecule has 0 saturated carbocycles. The molecule has 2 aromatic rings. The summed E-state index contributed by atoms with van der Waals surface area (Å²) < 4.78 is 0.819. The van der Waals surface area contributed by atoms with Crippen molar-refractivity contribution in [2.24, 2.45) is 0 Å². The van der Waals surface area contributed by atoms with Crippen LogP contribution in [0.5, 0.6) is 0 Å². The van der Waals surface area contributed by atoms with Crippen LogP contribution in [0.2, 0.25) is 0 Å². The van der Waals surface area contributed by atoms with E-state index in [2.05, 4.69) is 72.9 Å². The van der Waals surface area contributed by atoms with Crippen LogP contribution in [-0.2, 0) is 9.59 Å². The van der Waals surface area contributed by atoms with Gasteiger partial charge in [-0.05, 0) is 99.8 Å². The topological polar surface area (TPSA) is 52.7 Å². The zero-order valence-electron chi connectivity index (χ0n) is 19.5. The van der Waals surface area contributed by atoms with E-state index in [-0.39, 0.29) is 16.2 Å². The molecule has 1 saturated heterocycles. The number of hydrogen-bond acceptors (Lipinski definition) is 4. The molecule has 0 unspecified atom stereocenters. The minimum Gasteiger partial charge on any atom is -0.364 e. The molecule has 33 heavy (non-hydrogen) atoms. The van der Waals surface area contributed by atoms with Crippen LogP contribution in [0.4, 0.5) is 11.4 Å². The van der Waals surface area contributed by atoms with Gasteiger partial charge < -0.3 is 4.90 Å². The molecule has 2 aliphatic rings. The Morgan fingerprint density at radius 1 is 1.18 bits per heavy atom. The Hall–Kier alpha value is -2.51. The lowest BCUT2D eigenvalue weighted by atomic mass is 9.78. The van der Waals surface area contributed by atoms with Gasteiger partial charge in [0, 0.05) is 21.7 Å². The van der Waals surface area contributed by atoms with Crippen LogP contribution in [-0.4, -0.2) is 28.5 Å². The van der Waals surface area contributed by atoms with E-state index in [1.165, 1.54) is 16.2 Å². The highest BCUT2D eigenvalue weighted by atomic mass is 79.9. The van der Waals surface area contributed by atoms with Crippen LogP contribution in [0.15, 0.2) is 52.5 Å². The van der Waals surface area contributed by atoms with Gasteiger partial charge in [0.2, 0.25) is 0 Å². The summed E-state index contributed by atoms with van der Waals surface area (Å²) in [5.41, 5.74) is 3.99. The lowest BCUT2D eigenvalue weighted by Crippen LogP contribution is -2.54. The van der Waals surface area contributed by atoms with Gasteiger partial charge in [0.1, 0.15) is 5.57 Å². The van der Waals surface area contributed by atoms with Crippen LogP contribution < -0.4 is 15.1 Å². The molecule has 2 amide bonds. The highest BCUT2D eigenvalue weighted by molar-refractivity contribution is 9.10. The molecule has 2 heterocycles. The molecule has 0 bridgehead atoms. The maximum Gasteiger partial charge on any atom is 0.270 e. The molecule has 5 nitrogen and oxygen atoms in total. The van der Waals surface area contributed by atoms with E-state index in [0.29, 0.717) is 17.6 Å². The van der Waals surface area contributed by atoms with Gasteiger partial charge in [0.05, 0.1) is 5.69 Å². The SMILES string of the molecule is CC(C)N1c2ccc(/C=C3\C(=O)NC(=S)N(c4cccc(Br)c4)C3=O)cc2[C@@H](C)CC1(C)C. The number of hydrogen-bond donors (Lipinski definition) is 1. The van der Waals surface area contributed by atoms with Crippen molar-refractivity contribution in [3.05, 3.63) is 63.6 Å². The predicted octanol–water partition coefficient (Wildman–Crippen LogP) is 5.78. The Labute approximate surface area is 209 Å². The number of amides is 2. The number of nitrogens with zero attached hydrogens (tertiary/aromatic N) is 2. The van der Waals surface area contributed by atoms with Crippen LogP contribution in [0, 0.1) is 0 Å². The number of anilines is 2. The van der Waals surface area contributed by atoms with Crippen molar-refractivity contribution in [1.29, 1.82) is 0 Å². The first-order valence-corrected chi connectivity index (χ1v) is 12.3. The zero-order chi connectivity index (χ0) is 24.1. The second-order valence-electron chi connectivity index (χ2n) is 9.64. The number of carbonyl (C=O) groups excluding carboxylic acids is 2. The third kappa shape index (κ3) is 4.36. The molecule has 2 aromatic carbocycles. The molecule has 0 aliphatic carbocycles. The van der Waals surface area contributed by atoms with Crippen molar-refractivity contribution in [3.63, 3.8) is 0 Å². The van der Waals surface area contributed by atoms with Gasteiger partial charge >= 0.3 is 0 Å². The first kappa shape index (κ1) is 23.6. The minimum absolute atomic E-state index is 0.0555. The molecule has 172 valence electrons. The number of rotatable bonds is 3. The smallest absolute Gasteiger partial charge is 0.270 e. The fraction of sp³-hybridized carbons (Fsp3) is 0.346. The molecule has 0 radical (unpaired) electrons. The second-order valence-corrected chi connectivity index (χ2v) is 10.9. The van der Waals surface area contributed by atoms with E-state index < -0.39 is 11.8 Å². The van der Waals surface area contributed by atoms with E-state index in [0.717, 1.165) is 16.5 Å². The summed E-state index contributed by atoms with van der Waals surface area (Å²) >= 11 is 8.73. The summed E-state index contributed by atoms with van der Waals surface area (Å²) in [6.45, 7) is 11.2. The molecule has 2 aliphatic heterocycles. The third-order valence-corrected chi connectivity index (χ3v) is 7.07. The van der Waals surface area contributed by atoms with Gasteiger partial charge in [-0.3, -0.25) is 19.8 Å². The zero-order valence-corrected chi connectivity index (χ0v) is 21.9. The number of benzene rings is 2. The van der Waals surface area contributed by atoms with Gasteiger partial charge in [-0.25, -0.2) is 0 Å². The average Bonchev–Trinajstić information content (AvgIpc) is 2.70. The summed E-state index contributed by atoms with van der Waals surface area (Å²) in [4.78, 5) is 29.9. The largest absolute Gasteiger partial charge is 0.364 e. The van der Waals surface area contributed by atoms with Crippen molar-refractivity contribution >= 4 is 62.5 Å².